The highest BCUT2D eigenvalue weighted by atomic mass is 79.9. The second kappa shape index (κ2) is 4.36. The van der Waals surface area contributed by atoms with E-state index in [0.29, 0.717) is 6.54 Å². The Bertz CT molecular complexity index is 371. The van der Waals surface area contributed by atoms with Gasteiger partial charge in [-0.15, -0.1) is 0 Å². The lowest BCUT2D eigenvalue weighted by Crippen LogP contribution is -2.02. The van der Waals surface area contributed by atoms with Crippen molar-refractivity contribution in [2.75, 3.05) is 11.9 Å². The van der Waals surface area contributed by atoms with Crippen LogP contribution in [-0.2, 0) is 0 Å². The molecular weight excluding hydrogens is 255 g/mol. The number of benzene rings is 1. The van der Waals surface area contributed by atoms with Crippen LogP contribution in [0.15, 0.2) is 16.6 Å². The highest BCUT2D eigenvalue weighted by Crippen LogP contribution is 2.30. The molecule has 0 bridgehead atoms. The number of rotatable bonds is 3. The van der Waals surface area contributed by atoms with Gasteiger partial charge in [0.2, 0.25) is 0 Å². The number of hydrogen-bond acceptors (Lipinski definition) is 3. The van der Waals surface area contributed by atoms with Crippen LogP contribution in [0.2, 0.25) is 0 Å². The van der Waals surface area contributed by atoms with Gasteiger partial charge in [0.1, 0.15) is 11.5 Å². The third-order valence-corrected chi connectivity index (χ3v) is 2.21. The van der Waals surface area contributed by atoms with Crippen LogP contribution >= 0.6 is 15.9 Å². The van der Waals surface area contributed by atoms with E-state index in [1.807, 2.05) is 0 Å². The summed E-state index contributed by atoms with van der Waals surface area (Å²) in [7, 11) is 0. The van der Waals surface area contributed by atoms with Gasteiger partial charge in [0.05, 0.1) is 9.40 Å². The average Bonchev–Trinajstić information content (AvgIpc) is 2.11. The highest BCUT2D eigenvalue weighted by molar-refractivity contribution is 9.10. The van der Waals surface area contributed by atoms with E-state index in [-0.39, 0.29) is 15.8 Å². The fraction of sp³-hybridized carbons (Fsp3) is 0.250. The number of nitro benzene ring substituents is 1. The van der Waals surface area contributed by atoms with Crippen molar-refractivity contribution in [2.24, 2.45) is 0 Å². The van der Waals surface area contributed by atoms with Crippen molar-refractivity contribution in [3.05, 3.63) is 32.5 Å². The summed E-state index contributed by atoms with van der Waals surface area (Å²) >= 11 is 2.89. The minimum atomic E-state index is -0.553. The molecule has 0 atom stereocenters. The van der Waals surface area contributed by atoms with E-state index in [9.17, 15) is 14.5 Å². The van der Waals surface area contributed by atoms with Crippen LogP contribution in [0.4, 0.5) is 15.8 Å². The maximum atomic E-state index is 13.0. The Balaban J connectivity index is 3.24. The van der Waals surface area contributed by atoms with Gasteiger partial charge in [-0.3, -0.25) is 10.1 Å². The molecule has 1 rings (SSSR count). The predicted octanol–water partition coefficient (Wildman–Crippen LogP) is 2.93. The van der Waals surface area contributed by atoms with Crippen LogP contribution in [-0.4, -0.2) is 11.5 Å². The maximum absolute atomic E-state index is 13.0. The van der Waals surface area contributed by atoms with Gasteiger partial charge in [-0.1, -0.05) is 0 Å². The van der Waals surface area contributed by atoms with Crippen LogP contribution in [0, 0.1) is 15.9 Å². The first kappa shape index (κ1) is 10.9. The standard InChI is InChI=1S/C8H8BrFN2O2/c1-2-11-7-4-6(10)5(9)3-8(7)12(13)14/h3-4,11H,2H2,1H3. The van der Waals surface area contributed by atoms with Crippen LogP contribution < -0.4 is 5.32 Å². The molecule has 0 heterocycles. The first-order valence-electron chi connectivity index (χ1n) is 3.93. The lowest BCUT2D eigenvalue weighted by atomic mass is 10.2. The maximum Gasteiger partial charge on any atom is 0.293 e. The van der Waals surface area contributed by atoms with Crippen molar-refractivity contribution in [3.63, 3.8) is 0 Å². The Morgan fingerprint density at radius 1 is 1.64 bits per heavy atom. The number of anilines is 1. The van der Waals surface area contributed by atoms with Crippen LogP contribution in [0.25, 0.3) is 0 Å². The first-order chi connectivity index (χ1) is 6.56. The van der Waals surface area contributed by atoms with Crippen molar-refractivity contribution >= 4 is 27.3 Å². The lowest BCUT2D eigenvalue weighted by Gasteiger charge is -2.05. The van der Waals surface area contributed by atoms with Crippen molar-refractivity contribution in [3.8, 4) is 0 Å². The second-order valence-corrected chi connectivity index (χ2v) is 3.43. The van der Waals surface area contributed by atoms with Gasteiger partial charge in [-0.25, -0.2) is 4.39 Å². The Morgan fingerprint density at radius 3 is 2.79 bits per heavy atom. The number of nitrogens with one attached hydrogen (secondary N) is 1. The van der Waals surface area contributed by atoms with Crippen LogP contribution in [0.5, 0.6) is 0 Å². The topological polar surface area (TPSA) is 55.2 Å². The van der Waals surface area contributed by atoms with E-state index >= 15 is 0 Å². The molecule has 6 heteroatoms. The zero-order chi connectivity index (χ0) is 10.7. The largest absolute Gasteiger partial charge is 0.380 e. The van der Waals surface area contributed by atoms with Crippen LogP contribution in [0.3, 0.4) is 0 Å². The Morgan fingerprint density at radius 2 is 2.29 bits per heavy atom. The van der Waals surface area contributed by atoms with Crippen molar-refractivity contribution in [1.82, 2.24) is 0 Å². The first-order valence-corrected chi connectivity index (χ1v) is 4.73. The smallest absolute Gasteiger partial charge is 0.293 e. The number of nitro groups is 1. The molecule has 0 unspecified atom stereocenters. The van der Waals surface area contributed by atoms with E-state index in [4.69, 9.17) is 0 Å². The molecule has 0 aliphatic rings. The van der Waals surface area contributed by atoms with Gasteiger partial charge in [-0.2, -0.15) is 0 Å². The molecule has 1 aromatic carbocycles. The molecule has 0 aromatic heterocycles. The highest BCUT2D eigenvalue weighted by Gasteiger charge is 2.16. The van der Waals surface area contributed by atoms with Gasteiger partial charge in [-0.05, 0) is 22.9 Å². The Hall–Kier alpha value is -1.17. The molecule has 0 spiro atoms. The predicted molar refractivity (Wildman–Crippen MR) is 54.9 cm³/mol. The quantitative estimate of drug-likeness (QED) is 0.673. The molecule has 0 radical (unpaired) electrons. The molecule has 0 saturated heterocycles. The molecule has 0 aliphatic carbocycles. The third-order valence-electron chi connectivity index (χ3n) is 1.60. The summed E-state index contributed by atoms with van der Waals surface area (Å²) in [4.78, 5) is 10.0. The van der Waals surface area contributed by atoms with Gasteiger partial charge in [0, 0.05) is 18.7 Å². The van der Waals surface area contributed by atoms with E-state index in [1.165, 1.54) is 0 Å². The molecule has 76 valence electrons. The molecular formula is C8H8BrFN2O2. The Labute approximate surface area is 88.4 Å². The molecule has 0 aliphatic heterocycles. The molecule has 1 N–H and O–H groups in total. The summed E-state index contributed by atoms with van der Waals surface area (Å²) in [6.45, 7) is 2.28. The lowest BCUT2D eigenvalue weighted by molar-refractivity contribution is -0.384. The monoisotopic (exact) mass is 262 g/mol. The summed E-state index contributed by atoms with van der Waals surface area (Å²) < 4.78 is 13.1. The summed E-state index contributed by atoms with van der Waals surface area (Å²) in [5.41, 5.74) is 0.0540. The number of nitrogens with zero attached hydrogens (tertiary/aromatic N) is 1. The average molecular weight is 263 g/mol. The SMILES string of the molecule is CCNc1cc(F)c(Br)cc1[N+](=O)[O-]. The van der Waals surface area contributed by atoms with Gasteiger partial charge in [0.25, 0.3) is 5.69 Å². The van der Waals surface area contributed by atoms with Crippen molar-refractivity contribution in [1.29, 1.82) is 0 Å². The summed E-state index contributed by atoms with van der Waals surface area (Å²) in [5.74, 6) is -0.522. The summed E-state index contributed by atoms with van der Waals surface area (Å²) in [6.07, 6.45) is 0. The molecule has 0 amide bonds. The zero-order valence-electron chi connectivity index (χ0n) is 7.38. The normalized spacial score (nSPS) is 9.93. The van der Waals surface area contributed by atoms with Crippen molar-refractivity contribution in [2.45, 2.75) is 6.92 Å². The second-order valence-electron chi connectivity index (χ2n) is 2.57. The minimum absolute atomic E-state index is 0.0888. The van der Waals surface area contributed by atoms with E-state index < -0.39 is 10.7 Å². The molecule has 1 aromatic rings. The fourth-order valence-corrected chi connectivity index (χ4v) is 1.35. The molecule has 0 fully saturated rings. The number of halogens is 2. The molecule has 4 nitrogen and oxygen atoms in total. The Kier molecular flexibility index (Phi) is 3.40. The van der Waals surface area contributed by atoms with Crippen molar-refractivity contribution < 1.29 is 9.31 Å². The number of hydrogen-bond donors (Lipinski definition) is 1. The van der Waals surface area contributed by atoms with E-state index in [1.54, 1.807) is 6.92 Å². The fourth-order valence-electron chi connectivity index (χ4n) is 1.02. The van der Waals surface area contributed by atoms with Crippen LogP contribution in [0.1, 0.15) is 6.92 Å². The van der Waals surface area contributed by atoms with E-state index in [2.05, 4.69) is 21.2 Å². The zero-order valence-corrected chi connectivity index (χ0v) is 8.97. The summed E-state index contributed by atoms with van der Waals surface area (Å²) in [5, 5.41) is 13.3. The van der Waals surface area contributed by atoms with Gasteiger partial charge in [0.15, 0.2) is 0 Å². The third kappa shape index (κ3) is 2.20. The molecule has 0 saturated carbocycles. The summed E-state index contributed by atoms with van der Waals surface area (Å²) in [6, 6.07) is 2.25. The van der Waals surface area contributed by atoms with Gasteiger partial charge >= 0.3 is 0 Å². The minimum Gasteiger partial charge on any atom is -0.380 e. The van der Waals surface area contributed by atoms with E-state index in [0.717, 1.165) is 12.1 Å². The molecule has 14 heavy (non-hydrogen) atoms. The van der Waals surface area contributed by atoms with Gasteiger partial charge < -0.3 is 5.32 Å².